The highest BCUT2D eigenvalue weighted by molar-refractivity contribution is 6.31. The second-order valence-electron chi connectivity index (χ2n) is 7.54. The number of nitrogens with zero attached hydrogens (tertiary/aromatic N) is 2. The van der Waals surface area contributed by atoms with E-state index < -0.39 is 35.7 Å². The Labute approximate surface area is 188 Å². The molecule has 2 fully saturated rings. The standard InChI is InChI=1S/C24H18ClFN2O4/c1-31-17-10-7-15(8-11-17)28-21(14-5-3-2-4-6-14)20-22(32-28)24(30)27(23(20)29)16-9-12-18(25)19(26)13-16/h2-13,20-22H,1H3/t20-,21-,22-/m1/s1. The number of rotatable bonds is 4. The van der Waals surface area contributed by atoms with Crippen molar-refractivity contribution < 1.29 is 23.6 Å². The molecule has 0 saturated carbocycles. The van der Waals surface area contributed by atoms with E-state index in [2.05, 4.69) is 0 Å². The highest BCUT2D eigenvalue weighted by Gasteiger charge is 2.60. The summed E-state index contributed by atoms with van der Waals surface area (Å²) >= 11 is 5.76. The minimum atomic E-state index is -1.03. The lowest BCUT2D eigenvalue weighted by molar-refractivity contribution is -0.126. The van der Waals surface area contributed by atoms with E-state index in [9.17, 15) is 14.0 Å². The molecule has 2 amide bonds. The van der Waals surface area contributed by atoms with Crippen LogP contribution in [0.25, 0.3) is 0 Å². The second kappa shape index (κ2) is 7.93. The summed E-state index contributed by atoms with van der Waals surface area (Å²) in [6.07, 6.45) is -1.03. The first-order valence-electron chi connectivity index (χ1n) is 9.97. The summed E-state index contributed by atoms with van der Waals surface area (Å²) in [5, 5.41) is 1.51. The van der Waals surface area contributed by atoms with Crippen molar-refractivity contribution >= 4 is 34.8 Å². The number of methoxy groups -OCH3 is 1. The van der Waals surface area contributed by atoms with E-state index >= 15 is 0 Å². The molecule has 0 bridgehead atoms. The molecule has 3 aromatic carbocycles. The number of hydroxylamine groups is 1. The highest BCUT2D eigenvalue weighted by Crippen LogP contribution is 2.47. The van der Waals surface area contributed by atoms with E-state index in [4.69, 9.17) is 21.2 Å². The summed E-state index contributed by atoms with van der Waals surface area (Å²) in [6.45, 7) is 0. The number of hydrogen-bond acceptors (Lipinski definition) is 5. The SMILES string of the molecule is COc1ccc(N2O[C@H]3C(=O)N(c4ccc(Cl)c(F)c4)C(=O)[C@@H]3[C@H]2c2ccccc2)cc1. The monoisotopic (exact) mass is 452 g/mol. The third-order valence-corrected chi connectivity index (χ3v) is 6.05. The molecule has 0 N–H and O–H groups in total. The van der Waals surface area contributed by atoms with Crippen molar-refractivity contribution in [2.75, 3.05) is 17.1 Å². The van der Waals surface area contributed by atoms with Crippen LogP contribution in [-0.4, -0.2) is 25.0 Å². The Morgan fingerprint density at radius 1 is 0.938 bits per heavy atom. The average Bonchev–Trinajstić information content (AvgIpc) is 3.32. The van der Waals surface area contributed by atoms with Gasteiger partial charge < -0.3 is 4.74 Å². The summed E-state index contributed by atoms with van der Waals surface area (Å²) in [4.78, 5) is 33.7. The molecule has 5 rings (SSSR count). The maximum absolute atomic E-state index is 14.0. The number of carbonyl (C=O) groups is 2. The number of carbonyl (C=O) groups excluding carboxylic acids is 2. The second-order valence-corrected chi connectivity index (χ2v) is 7.95. The van der Waals surface area contributed by atoms with Crippen LogP contribution in [0.1, 0.15) is 11.6 Å². The lowest BCUT2D eigenvalue weighted by atomic mass is 9.90. The van der Waals surface area contributed by atoms with Crippen molar-refractivity contribution in [1.29, 1.82) is 0 Å². The first kappa shape index (κ1) is 20.5. The van der Waals surface area contributed by atoms with Crippen LogP contribution in [0, 0.1) is 11.7 Å². The van der Waals surface area contributed by atoms with Crippen LogP contribution in [0.5, 0.6) is 5.75 Å². The summed E-state index contributed by atoms with van der Waals surface area (Å²) < 4.78 is 19.3. The third-order valence-electron chi connectivity index (χ3n) is 5.74. The summed E-state index contributed by atoms with van der Waals surface area (Å²) in [5.41, 5.74) is 1.63. The molecule has 0 spiro atoms. The van der Waals surface area contributed by atoms with Crippen LogP contribution in [0.2, 0.25) is 5.02 Å². The predicted octanol–water partition coefficient (Wildman–Crippen LogP) is 4.54. The zero-order valence-electron chi connectivity index (χ0n) is 16.9. The number of anilines is 2. The van der Waals surface area contributed by atoms with Gasteiger partial charge in [0, 0.05) is 0 Å². The highest BCUT2D eigenvalue weighted by atomic mass is 35.5. The van der Waals surface area contributed by atoms with Gasteiger partial charge in [-0.05, 0) is 48.0 Å². The molecule has 6 nitrogen and oxygen atoms in total. The van der Waals surface area contributed by atoms with Gasteiger partial charge in [0.1, 0.15) is 17.5 Å². The minimum absolute atomic E-state index is 0.0860. The van der Waals surface area contributed by atoms with Gasteiger partial charge in [-0.15, -0.1) is 0 Å². The van der Waals surface area contributed by atoms with E-state index in [0.29, 0.717) is 11.4 Å². The zero-order chi connectivity index (χ0) is 22.4. The van der Waals surface area contributed by atoms with Crippen molar-refractivity contribution in [3.63, 3.8) is 0 Å². The topological polar surface area (TPSA) is 59.1 Å². The fourth-order valence-corrected chi connectivity index (χ4v) is 4.35. The van der Waals surface area contributed by atoms with Gasteiger partial charge in [0.15, 0.2) is 6.10 Å². The summed E-state index contributed by atoms with van der Waals surface area (Å²) in [7, 11) is 1.57. The molecule has 0 aromatic heterocycles. The van der Waals surface area contributed by atoms with Crippen molar-refractivity contribution in [2.24, 2.45) is 5.92 Å². The fourth-order valence-electron chi connectivity index (χ4n) is 4.24. The fraction of sp³-hybridized carbons (Fsp3) is 0.167. The lowest BCUT2D eigenvalue weighted by Gasteiger charge is -2.28. The molecule has 2 aliphatic heterocycles. The zero-order valence-corrected chi connectivity index (χ0v) is 17.7. The van der Waals surface area contributed by atoms with Gasteiger partial charge in [-0.2, -0.15) is 0 Å². The van der Waals surface area contributed by atoms with Crippen LogP contribution >= 0.6 is 11.6 Å². The third kappa shape index (κ3) is 3.21. The summed E-state index contributed by atoms with van der Waals surface area (Å²) in [5.74, 6) is -1.83. The average molecular weight is 453 g/mol. The number of halogens is 2. The van der Waals surface area contributed by atoms with Crippen LogP contribution in [0.4, 0.5) is 15.8 Å². The molecule has 2 aliphatic rings. The molecule has 2 heterocycles. The van der Waals surface area contributed by atoms with Gasteiger partial charge in [0.2, 0.25) is 5.91 Å². The van der Waals surface area contributed by atoms with Gasteiger partial charge >= 0.3 is 0 Å². The van der Waals surface area contributed by atoms with Crippen LogP contribution in [-0.2, 0) is 14.4 Å². The molecular weight excluding hydrogens is 435 g/mol. The predicted molar refractivity (Wildman–Crippen MR) is 117 cm³/mol. The molecule has 3 aromatic rings. The van der Waals surface area contributed by atoms with Crippen molar-refractivity contribution in [3.05, 3.63) is 89.2 Å². The Kier molecular flexibility index (Phi) is 5.07. The van der Waals surface area contributed by atoms with E-state index in [1.165, 1.54) is 12.1 Å². The van der Waals surface area contributed by atoms with Gasteiger partial charge in [0.05, 0.1) is 29.5 Å². The molecule has 0 unspecified atom stereocenters. The Balaban J connectivity index is 1.56. The van der Waals surface area contributed by atoms with Crippen molar-refractivity contribution in [1.82, 2.24) is 0 Å². The van der Waals surface area contributed by atoms with E-state index in [-0.39, 0.29) is 10.7 Å². The molecule has 0 radical (unpaired) electrons. The molecule has 3 atom stereocenters. The Hall–Kier alpha value is -3.42. The van der Waals surface area contributed by atoms with Gasteiger partial charge in [-0.25, -0.2) is 14.4 Å². The maximum Gasteiger partial charge on any atom is 0.266 e. The first-order chi connectivity index (χ1) is 15.5. The van der Waals surface area contributed by atoms with Gasteiger partial charge in [0.25, 0.3) is 5.91 Å². The van der Waals surface area contributed by atoms with Gasteiger partial charge in [-0.3, -0.25) is 14.4 Å². The largest absolute Gasteiger partial charge is 0.497 e. The number of fused-ring (bicyclic) bond motifs is 1. The molecule has 8 heteroatoms. The van der Waals surface area contributed by atoms with Gasteiger partial charge in [-0.1, -0.05) is 41.9 Å². The van der Waals surface area contributed by atoms with E-state index in [0.717, 1.165) is 16.5 Å². The lowest BCUT2D eigenvalue weighted by Crippen LogP contribution is -2.37. The molecular formula is C24H18ClFN2O4. The minimum Gasteiger partial charge on any atom is -0.497 e. The number of hydrogen-bond donors (Lipinski definition) is 0. The van der Waals surface area contributed by atoms with Crippen LogP contribution in [0.15, 0.2) is 72.8 Å². The molecule has 0 aliphatic carbocycles. The Bertz CT molecular complexity index is 1190. The molecule has 32 heavy (non-hydrogen) atoms. The van der Waals surface area contributed by atoms with Crippen molar-refractivity contribution in [2.45, 2.75) is 12.1 Å². The number of ether oxygens (including phenoxy) is 1. The quantitative estimate of drug-likeness (QED) is 0.544. The Morgan fingerprint density at radius 2 is 1.62 bits per heavy atom. The number of benzene rings is 3. The molecule has 162 valence electrons. The van der Waals surface area contributed by atoms with Crippen LogP contribution < -0.4 is 14.7 Å². The normalized spacial score (nSPS) is 22.4. The van der Waals surface area contributed by atoms with E-state index in [1.807, 2.05) is 30.3 Å². The van der Waals surface area contributed by atoms with Crippen LogP contribution in [0.3, 0.4) is 0 Å². The number of imide groups is 1. The van der Waals surface area contributed by atoms with E-state index in [1.54, 1.807) is 36.4 Å². The molecule has 2 saturated heterocycles. The first-order valence-corrected chi connectivity index (χ1v) is 10.4. The van der Waals surface area contributed by atoms with Crippen molar-refractivity contribution in [3.8, 4) is 5.75 Å². The number of amides is 2. The smallest absolute Gasteiger partial charge is 0.266 e. The Morgan fingerprint density at radius 3 is 2.28 bits per heavy atom. The summed E-state index contributed by atoms with van der Waals surface area (Å²) in [6, 6.07) is 19.8. The maximum atomic E-state index is 14.0.